The highest BCUT2D eigenvalue weighted by Gasteiger charge is 2.34. The van der Waals surface area contributed by atoms with Crippen molar-refractivity contribution in [1.29, 1.82) is 0 Å². The number of ether oxygens (including phenoxy) is 1. The first kappa shape index (κ1) is 16.1. The Morgan fingerprint density at radius 2 is 2.14 bits per heavy atom. The van der Waals surface area contributed by atoms with Gasteiger partial charge in [-0.1, -0.05) is 19.4 Å². The van der Waals surface area contributed by atoms with E-state index >= 15 is 0 Å². The van der Waals surface area contributed by atoms with Crippen LogP contribution >= 0.6 is 27.7 Å². The van der Waals surface area contributed by atoms with Crippen molar-refractivity contribution in [2.24, 2.45) is 0 Å². The summed E-state index contributed by atoms with van der Waals surface area (Å²) in [6, 6.07) is 5.53. The molecule has 1 fully saturated rings. The minimum absolute atomic E-state index is 0.188. The smallest absolute Gasteiger partial charge is 0.293 e. The van der Waals surface area contributed by atoms with Crippen molar-refractivity contribution in [2.75, 3.05) is 13.7 Å². The van der Waals surface area contributed by atoms with Crippen LogP contribution in [0.4, 0.5) is 4.79 Å². The van der Waals surface area contributed by atoms with Crippen LogP contribution in [0.2, 0.25) is 0 Å². The van der Waals surface area contributed by atoms with Gasteiger partial charge in [-0.3, -0.25) is 14.5 Å². The van der Waals surface area contributed by atoms with Gasteiger partial charge in [0.1, 0.15) is 5.75 Å². The van der Waals surface area contributed by atoms with Crippen LogP contribution in [-0.4, -0.2) is 29.7 Å². The Morgan fingerprint density at radius 1 is 1.38 bits per heavy atom. The molecule has 4 nitrogen and oxygen atoms in total. The molecule has 1 aliphatic heterocycles. The third-order valence-corrected chi connectivity index (χ3v) is 4.61. The lowest BCUT2D eigenvalue weighted by Gasteiger charge is -2.10. The lowest BCUT2D eigenvalue weighted by molar-refractivity contribution is -0.122. The van der Waals surface area contributed by atoms with E-state index < -0.39 is 0 Å². The van der Waals surface area contributed by atoms with Crippen molar-refractivity contribution in [3.63, 3.8) is 0 Å². The fraction of sp³-hybridized carbons (Fsp3) is 0.333. The molecule has 1 aromatic rings. The first-order valence-electron chi connectivity index (χ1n) is 6.65. The molecule has 2 amide bonds. The quantitative estimate of drug-likeness (QED) is 0.726. The maximum Gasteiger partial charge on any atom is 0.293 e. The number of rotatable bonds is 5. The lowest BCUT2D eigenvalue weighted by Crippen LogP contribution is -2.29. The van der Waals surface area contributed by atoms with Gasteiger partial charge >= 0.3 is 0 Å². The van der Waals surface area contributed by atoms with E-state index in [4.69, 9.17) is 4.74 Å². The summed E-state index contributed by atoms with van der Waals surface area (Å²) in [4.78, 5) is 25.9. The highest BCUT2D eigenvalue weighted by atomic mass is 79.9. The average molecular weight is 370 g/mol. The van der Waals surface area contributed by atoms with Crippen LogP contribution < -0.4 is 4.74 Å². The number of unbranched alkanes of at least 4 members (excludes halogenated alkanes) is 1. The summed E-state index contributed by atoms with van der Waals surface area (Å²) in [6.45, 7) is 2.52. The number of thioether (sulfide) groups is 1. The van der Waals surface area contributed by atoms with Crippen molar-refractivity contribution in [3.8, 4) is 5.75 Å². The van der Waals surface area contributed by atoms with Crippen LogP contribution in [-0.2, 0) is 4.79 Å². The molecule has 1 aliphatic rings. The van der Waals surface area contributed by atoms with Crippen molar-refractivity contribution >= 4 is 44.9 Å². The molecule has 1 saturated heterocycles. The lowest BCUT2D eigenvalue weighted by atomic mass is 10.2. The van der Waals surface area contributed by atoms with Gasteiger partial charge in [-0.25, -0.2) is 0 Å². The number of carbonyl (C=O) groups is 2. The zero-order chi connectivity index (χ0) is 15.4. The minimum Gasteiger partial charge on any atom is -0.496 e. The number of carbonyl (C=O) groups excluding carboxylic acids is 2. The van der Waals surface area contributed by atoms with Crippen LogP contribution in [0.5, 0.6) is 5.75 Å². The summed E-state index contributed by atoms with van der Waals surface area (Å²) in [5, 5.41) is -0.188. The first-order chi connectivity index (χ1) is 10.1. The first-order valence-corrected chi connectivity index (χ1v) is 8.26. The molecular weight excluding hydrogens is 354 g/mol. The second-order valence-electron chi connectivity index (χ2n) is 4.58. The summed E-state index contributed by atoms with van der Waals surface area (Å²) < 4.78 is 5.98. The molecular formula is C15H16BrNO3S. The van der Waals surface area contributed by atoms with Gasteiger partial charge in [0.05, 0.1) is 16.5 Å². The van der Waals surface area contributed by atoms with Crippen molar-refractivity contribution < 1.29 is 14.3 Å². The molecule has 6 heteroatoms. The van der Waals surface area contributed by atoms with E-state index in [0.717, 1.165) is 40.4 Å². The van der Waals surface area contributed by atoms with Crippen molar-refractivity contribution in [1.82, 2.24) is 4.90 Å². The van der Waals surface area contributed by atoms with Gasteiger partial charge in [0, 0.05) is 6.54 Å². The fourth-order valence-electron chi connectivity index (χ4n) is 1.93. The SMILES string of the molecule is CCCCN1C(=O)S/C(=C\c2ccc(OC)c(Br)c2)C1=O. The Kier molecular flexibility index (Phi) is 5.47. The summed E-state index contributed by atoms with van der Waals surface area (Å²) in [7, 11) is 1.60. The average Bonchev–Trinajstić information content (AvgIpc) is 2.72. The molecule has 2 rings (SSSR count). The number of hydrogen-bond acceptors (Lipinski definition) is 4. The third kappa shape index (κ3) is 3.68. The molecule has 0 N–H and O–H groups in total. The third-order valence-electron chi connectivity index (χ3n) is 3.08. The van der Waals surface area contributed by atoms with E-state index in [0.29, 0.717) is 11.4 Å². The Hall–Kier alpha value is -1.27. The maximum absolute atomic E-state index is 12.2. The van der Waals surface area contributed by atoms with Crippen molar-refractivity contribution in [3.05, 3.63) is 33.1 Å². The monoisotopic (exact) mass is 369 g/mol. The van der Waals surface area contributed by atoms with Crippen LogP contribution in [0.25, 0.3) is 6.08 Å². The Bertz CT molecular complexity index is 601. The van der Waals surface area contributed by atoms with Gasteiger partial charge < -0.3 is 4.74 Å². The maximum atomic E-state index is 12.2. The predicted molar refractivity (Wildman–Crippen MR) is 88.3 cm³/mol. The van der Waals surface area contributed by atoms with Gasteiger partial charge in [0.25, 0.3) is 11.1 Å². The van der Waals surface area contributed by atoms with Crippen LogP contribution in [0.15, 0.2) is 27.6 Å². The molecule has 112 valence electrons. The van der Waals surface area contributed by atoms with Crippen LogP contribution in [0, 0.1) is 0 Å². The van der Waals surface area contributed by atoms with Gasteiger partial charge in [-0.05, 0) is 57.9 Å². The van der Waals surface area contributed by atoms with E-state index in [1.54, 1.807) is 13.2 Å². The predicted octanol–water partition coefficient (Wildman–Crippen LogP) is 4.29. The molecule has 0 aliphatic carbocycles. The highest BCUT2D eigenvalue weighted by Crippen LogP contribution is 2.33. The van der Waals surface area contributed by atoms with Crippen LogP contribution in [0.3, 0.4) is 0 Å². The molecule has 0 aromatic heterocycles. The normalized spacial score (nSPS) is 16.9. The van der Waals surface area contributed by atoms with Crippen molar-refractivity contribution in [2.45, 2.75) is 19.8 Å². The highest BCUT2D eigenvalue weighted by molar-refractivity contribution is 9.10. The number of hydrogen-bond donors (Lipinski definition) is 0. The summed E-state index contributed by atoms with van der Waals surface area (Å²) in [6.07, 6.45) is 3.52. The van der Waals surface area contributed by atoms with Gasteiger partial charge in [-0.2, -0.15) is 0 Å². The van der Waals surface area contributed by atoms with Gasteiger partial charge in [0.15, 0.2) is 0 Å². The molecule has 1 aromatic carbocycles. The Balaban J connectivity index is 2.20. The molecule has 1 heterocycles. The number of amides is 2. The van der Waals surface area contributed by atoms with Crippen LogP contribution in [0.1, 0.15) is 25.3 Å². The van der Waals surface area contributed by atoms with E-state index in [1.165, 1.54) is 4.90 Å². The molecule has 0 atom stereocenters. The van der Waals surface area contributed by atoms with Gasteiger partial charge in [0.2, 0.25) is 0 Å². The fourth-order valence-corrected chi connectivity index (χ4v) is 3.36. The largest absolute Gasteiger partial charge is 0.496 e. The molecule has 0 spiro atoms. The number of nitrogens with zero attached hydrogens (tertiary/aromatic N) is 1. The summed E-state index contributed by atoms with van der Waals surface area (Å²) in [5.74, 6) is 0.522. The standard InChI is InChI=1S/C15H16BrNO3S/c1-3-4-7-17-14(18)13(21-15(17)19)9-10-5-6-12(20-2)11(16)8-10/h5-6,8-9H,3-4,7H2,1-2H3/b13-9-. The molecule has 0 saturated carbocycles. The number of halogens is 1. The molecule has 0 radical (unpaired) electrons. The number of imide groups is 1. The number of benzene rings is 1. The molecule has 0 bridgehead atoms. The zero-order valence-electron chi connectivity index (χ0n) is 11.9. The summed E-state index contributed by atoms with van der Waals surface area (Å²) >= 11 is 4.40. The zero-order valence-corrected chi connectivity index (χ0v) is 14.3. The molecule has 21 heavy (non-hydrogen) atoms. The van der Waals surface area contributed by atoms with Gasteiger partial charge in [-0.15, -0.1) is 0 Å². The van der Waals surface area contributed by atoms with E-state index in [1.807, 2.05) is 25.1 Å². The second kappa shape index (κ2) is 7.13. The van der Waals surface area contributed by atoms with E-state index in [2.05, 4.69) is 15.9 Å². The van der Waals surface area contributed by atoms with E-state index in [9.17, 15) is 9.59 Å². The Labute approximate surface area is 136 Å². The molecule has 0 unspecified atom stereocenters. The topological polar surface area (TPSA) is 46.6 Å². The Morgan fingerprint density at radius 3 is 2.76 bits per heavy atom. The second-order valence-corrected chi connectivity index (χ2v) is 6.43. The number of methoxy groups -OCH3 is 1. The van der Waals surface area contributed by atoms with E-state index in [-0.39, 0.29) is 11.1 Å². The summed E-state index contributed by atoms with van der Waals surface area (Å²) in [5.41, 5.74) is 0.851. The minimum atomic E-state index is -0.203.